The lowest BCUT2D eigenvalue weighted by molar-refractivity contribution is 0.487. The van der Waals surface area contributed by atoms with Gasteiger partial charge >= 0.3 is 0 Å². The number of rotatable bonds is 6. The predicted octanol–water partition coefficient (Wildman–Crippen LogP) is 14.5. The van der Waals surface area contributed by atoms with Gasteiger partial charge in [0.05, 0.1) is 0 Å². The summed E-state index contributed by atoms with van der Waals surface area (Å²) in [4.78, 5) is 12.7. The molecule has 7 nitrogen and oxygen atoms in total. The van der Waals surface area contributed by atoms with Crippen molar-refractivity contribution in [2.45, 2.75) is 0 Å². The van der Waals surface area contributed by atoms with Crippen LogP contribution >= 0.6 is 0 Å². The topological polar surface area (TPSA) is 34.7 Å². The predicted molar refractivity (Wildman–Crippen MR) is 422 cm³/mol. The Morgan fingerprint density at radius 2 is 0.465 bits per heavy atom. The Balaban J connectivity index is 0.790. The van der Waals surface area contributed by atoms with E-state index >= 15 is 0 Å². The highest BCUT2D eigenvalue weighted by atomic mass is 16.5. The number of para-hydroxylation sites is 8. The van der Waals surface area contributed by atoms with E-state index in [-0.39, 0.29) is 26.9 Å². The van der Waals surface area contributed by atoms with Gasteiger partial charge < -0.3 is 34.0 Å². The van der Waals surface area contributed by atoms with Gasteiger partial charge in [-0.1, -0.05) is 218 Å². The average molecular weight is 1280 g/mol. The Bertz CT molecular complexity index is 5680. The van der Waals surface area contributed by atoms with Crippen molar-refractivity contribution in [2.24, 2.45) is 0 Å². The fraction of sp³-hybridized carbons (Fsp3) is 0. The maximum absolute atomic E-state index is 7.67. The van der Waals surface area contributed by atoms with Gasteiger partial charge in [-0.2, -0.15) is 0 Å². The lowest BCUT2D eigenvalue weighted by Gasteiger charge is -2.51. The van der Waals surface area contributed by atoms with Crippen molar-refractivity contribution >= 4 is 178 Å². The van der Waals surface area contributed by atoms with Crippen molar-refractivity contribution in [3.05, 3.63) is 334 Å². The Labute approximate surface area is 587 Å². The largest absolute Gasteiger partial charge is 0.458 e. The van der Waals surface area contributed by atoms with Gasteiger partial charge in [-0.3, -0.25) is 0 Å². The lowest BCUT2D eigenvalue weighted by Crippen LogP contribution is -2.69. The third-order valence-electron chi connectivity index (χ3n) is 22.6. The normalized spacial score (nSPS) is 14.1. The van der Waals surface area contributed by atoms with Gasteiger partial charge in [-0.15, -0.1) is 0 Å². The number of ether oxygens (including phenoxy) is 2. The zero-order chi connectivity index (χ0) is 65.7. The smallest absolute Gasteiger partial charge is 0.256 e. The molecule has 0 aliphatic carbocycles. The van der Waals surface area contributed by atoms with Crippen molar-refractivity contribution in [3.8, 4) is 45.3 Å². The zero-order valence-corrected chi connectivity index (χ0v) is 54.6. The van der Waals surface area contributed by atoms with Crippen LogP contribution in [0.5, 0.6) is 23.0 Å². The van der Waals surface area contributed by atoms with Gasteiger partial charge in [0.2, 0.25) is 0 Å². The number of hydrogen-bond donors (Lipinski definition) is 0. The van der Waals surface area contributed by atoms with E-state index < -0.39 is 0 Å². The van der Waals surface area contributed by atoms with Gasteiger partial charge in [0.15, 0.2) is 0 Å². The van der Waals surface area contributed by atoms with E-state index in [4.69, 9.17) is 9.47 Å². The van der Waals surface area contributed by atoms with Crippen LogP contribution < -0.4 is 99.5 Å². The van der Waals surface area contributed by atoms with Crippen LogP contribution in [0, 0.1) is 0 Å². The molecule has 0 unspecified atom stereocenters. The quantitative estimate of drug-likeness (QED) is 0.154. The van der Waals surface area contributed by atoms with Gasteiger partial charge in [-0.25, -0.2) is 0 Å². The minimum atomic E-state index is -0.185. The van der Waals surface area contributed by atoms with Crippen LogP contribution in [-0.4, -0.2) is 26.9 Å². The van der Waals surface area contributed by atoms with E-state index in [0.717, 1.165) is 124 Å². The van der Waals surface area contributed by atoms with Crippen LogP contribution in [-0.2, 0) is 0 Å². The summed E-state index contributed by atoms with van der Waals surface area (Å²) in [5, 5.41) is 0. The van der Waals surface area contributed by atoms with E-state index in [1.54, 1.807) is 0 Å². The van der Waals surface area contributed by atoms with E-state index in [1.807, 2.05) is 0 Å². The van der Waals surface area contributed by atoms with Crippen molar-refractivity contribution in [1.82, 2.24) is 0 Å². The molecule has 15 aromatic rings. The molecule has 0 saturated heterocycles. The fourth-order valence-electron chi connectivity index (χ4n) is 18.7. The third-order valence-corrected chi connectivity index (χ3v) is 22.6. The molecule has 0 atom stereocenters. The Morgan fingerprint density at radius 1 is 0.178 bits per heavy atom. The van der Waals surface area contributed by atoms with E-state index in [0.29, 0.717) is 0 Å². The summed E-state index contributed by atoms with van der Waals surface area (Å²) in [6.45, 7) is -0.661. The highest BCUT2D eigenvalue weighted by Crippen LogP contribution is 2.53. The molecule has 8 heterocycles. The van der Waals surface area contributed by atoms with Crippen molar-refractivity contribution in [1.29, 1.82) is 0 Å². The summed E-state index contributed by atoms with van der Waals surface area (Å²) in [5.41, 5.74) is 36.1. The van der Waals surface area contributed by atoms with E-state index in [2.05, 4.69) is 358 Å². The molecule has 0 aromatic heterocycles. The van der Waals surface area contributed by atoms with Gasteiger partial charge in [0.25, 0.3) is 26.9 Å². The summed E-state index contributed by atoms with van der Waals surface area (Å²) >= 11 is 0. The molecule has 8 aliphatic heterocycles. The monoisotopic (exact) mass is 1280 g/mol. The highest BCUT2D eigenvalue weighted by Gasteiger charge is 2.54. The molecule has 15 aromatic carbocycles. The van der Waals surface area contributed by atoms with Crippen LogP contribution in [0.4, 0.5) is 85.3 Å². The minimum absolute atomic E-state index is 0.146. The Hall–Kier alpha value is -12.8. The summed E-state index contributed by atoms with van der Waals surface area (Å²) in [7, 11) is 0. The molecule has 23 rings (SSSR count). The first-order valence-corrected chi connectivity index (χ1v) is 35.1. The molecule has 11 heteroatoms. The van der Waals surface area contributed by atoms with Crippen LogP contribution in [0.3, 0.4) is 0 Å². The molecule has 0 fully saturated rings. The second kappa shape index (κ2) is 20.9. The molecule has 8 aliphatic rings. The maximum atomic E-state index is 7.67. The first-order valence-electron chi connectivity index (χ1n) is 35.1. The summed E-state index contributed by atoms with van der Waals surface area (Å²) in [6, 6.07) is 124. The SMILES string of the molecule is c1ccc(-c2cc3c4c(c2)N(c2ccccc2)c2ccccc2B4c2cc4c(cc2O3)N(c2ccccc2)c2cc3c5c6c2B4c2ccccc2N6c2ccccc2B5c2cc4c(cc2N3c2ccccc2)Oc2cc(-c3ccccc3)cc3c2B4c2ccccc2N3c2ccccc2)cc1. The summed E-state index contributed by atoms with van der Waals surface area (Å²) in [6.07, 6.45) is 0. The lowest BCUT2D eigenvalue weighted by atomic mass is 9.27. The Morgan fingerprint density at radius 3 is 0.822 bits per heavy atom. The first kappa shape index (κ1) is 55.2. The number of nitrogens with zero attached hydrogens (tertiary/aromatic N) is 5. The molecule has 0 spiro atoms. The summed E-state index contributed by atoms with van der Waals surface area (Å²) in [5.74, 6) is 3.44. The number of hydrogen-bond acceptors (Lipinski definition) is 7. The molecule has 0 bridgehead atoms. The zero-order valence-electron chi connectivity index (χ0n) is 54.6. The second-order valence-electron chi connectivity index (χ2n) is 27.7. The molecule has 0 amide bonds. The third kappa shape index (κ3) is 7.67. The molecular formula is C90H55B4N5O2. The number of fused-ring (bicyclic) bond motifs is 18. The average Bonchev–Trinajstić information content (AvgIpc) is 0.666. The van der Waals surface area contributed by atoms with E-state index in [9.17, 15) is 0 Å². The van der Waals surface area contributed by atoms with Crippen LogP contribution in [0.15, 0.2) is 334 Å². The summed E-state index contributed by atoms with van der Waals surface area (Å²) < 4.78 is 15.3. The molecule has 0 saturated carbocycles. The molecule has 0 radical (unpaired) electrons. The molecule has 101 heavy (non-hydrogen) atoms. The Kier molecular flexibility index (Phi) is 11.4. The second-order valence-corrected chi connectivity index (χ2v) is 27.7. The van der Waals surface area contributed by atoms with Crippen LogP contribution in [0.25, 0.3) is 22.3 Å². The van der Waals surface area contributed by atoms with Gasteiger partial charge in [0, 0.05) is 97.4 Å². The highest BCUT2D eigenvalue weighted by molar-refractivity contribution is 7.06. The molecular weight excluding hydrogens is 1230 g/mol. The molecule has 464 valence electrons. The van der Waals surface area contributed by atoms with Crippen molar-refractivity contribution in [2.75, 3.05) is 24.5 Å². The van der Waals surface area contributed by atoms with Crippen molar-refractivity contribution < 1.29 is 9.47 Å². The maximum Gasteiger partial charge on any atom is 0.256 e. The number of benzene rings is 15. The minimum Gasteiger partial charge on any atom is -0.458 e. The molecule has 0 N–H and O–H groups in total. The van der Waals surface area contributed by atoms with Gasteiger partial charge in [-0.05, 0) is 191 Å². The standard InChI is InChI=1S/C90H55B4N5O2/c1-7-27-56(28-8-1)58-47-78-86-84(49-58)100-82-54-76-68(51-70(82)93(86)64-39-19-23-43-72(64)95(78)60-31-11-3-12-32-60)91-66-41-21-25-45-74(66)99-75-46-26-22-42-67(75)92-69-52-71-83(55-77(69)98(63-37-17-6-18-38-63)81-53-80(88(91)90(99)89(81)92)97(76)62-35-15-5-16-36-62)101-85-50-59(57-29-9-2-10-30-57)48-79-87(85)94(71)65-40-20-24-44-73(65)96(79)61-33-13-4-14-34-61/h1-55H. The van der Waals surface area contributed by atoms with E-state index in [1.165, 1.54) is 71.7 Å². The first-order chi connectivity index (χ1) is 50.1. The van der Waals surface area contributed by atoms with Crippen LogP contribution in [0.1, 0.15) is 0 Å². The van der Waals surface area contributed by atoms with Crippen LogP contribution in [0.2, 0.25) is 0 Å². The number of anilines is 15. The fourth-order valence-corrected chi connectivity index (χ4v) is 18.7. The van der Waals surface area contributed by atoms with Gasteiger partial charge in [0.1, 0.15) is 23.0 Å². The van der Waals surface area contributed by atoms with Crippen molar-refractivity contribution in [3.63, 3.8) is 0 Å².